The van der Waals surface area contributed by atoms with Gasteiger partial charge in [0.2, 0.25) is 0 Å². The summed E-state index contributed by atoms with van der Waals surface area (Å²) in [5, 5.41) is 0. The Hall–Kier alpha value is -2.63. The van der Waals surface area contributed by atoms with Crippen molar-refractivity contribution in [2.75, 3.05) is 13.2 Å². The SMILES string of the molecule is CCCCCCCC/C=C\C/C=C\C/C=C\CCCC(=O)OCC(COC(=O)CCCCCCCCCCCCCCC)OC(=O)CCCCCCCCC/C=C\CCCCCCCC. The first-order chi connectivity index (χ1) is 32.0. The summed E-state index contributed by atoms with van der Waals surface area (Å²) in [6.07, 6.45) is 65.3. The van der Waals surface area contributed by atoms with Gasteiger partial charge in [-0.3, -0.25) is 14.4 Å². The molecular formula is C59H106O6. The highest BCUT2D eigenvalue weighted by molar-refractivity contribution is 5.71. The van der Waals surface area contributed by atoms with Crippen molar-refractivity contribution in [3.8, 4) is 0 Å². The van der Waals surface area contributed by atoms with Crippen LogP contribution in [0, 0.1) is 0 Å². The Morgan fingerprint density at radius 2 is 0.569 bits per heavy atom. The van der Waals surface area contributed by atoms with Crippen molar-refractivity contribution in [3.63, 3.8) is 0 Å². The molecule has 6 heteroatoms. The topological polar surface area (TPSA) is 78.9 Å². The summed E-state index contributed by atoms with van der Waals surface area (Å²) in [6, 6.07) is 0. The average Bonchev–Trinajstić information content (AvgIpc) is 3.30. The van der Waals surface area contributed by atoms with Crippen LogP contribution in [0.1, 0.15) is 290 Å². The summed E-state index contributed by atoms with van der Waals surface area (Å²) in [6.45, 7) is 6.61. The minimum absolute atomic E-state index is 0.0876. The first-order valence-corrected chi connectivity index (χ1v) is 28.1. The zero-order chi connectivity index (χ0) is 47.2. The Bertz CT molecular complexity index is 1140. The lowest BCUT2D eigenvalue weighted by Gasteiger charge is -2.18. The minimum atomic E-state index is -0.793. The minimum Gasteiger partial charge on any atom is -0.462 e. The highest BCUT2D eigenvalue weighted by Crippen LogP contribution is 2.15. The van der Waals surface area contributed by atoms with E-state index in [2.05, 4.69) is 69.4 Å². The van der Waals surface area contributed by atoms with Crippen LogP contribution in [0.4, 0.5) is 0 Å². The van der Waals surface area contributed by atoms with Crippen LogP contribution in [0.3, 0.4) is 0 Å². The summed E-state index contributed by atoms with van der Waals surface area (Å²) < 4.78 is 16.8. The lowest BCUT2D eigenvalue weighted by Crippen LogP contribution is -2.30. The number of hydrogen-bond acceptors (Lipinski definition) is 6. The van der Waals surface area contributed by atoms with Crippen LogP contribution in [-0.2, 0) is 28.6 Å². The highest BCUT2D eigenvalue weighted by Gasteiger charge is 2.19. The van der Waals surface area contributed by atoms with E-state index in [0.717, 1.165) is 57.8 Å². The van der Waals surface area contributed by atoms with Gasteiger partial charge in [0.05, 0.1) is 0 Å². The molecule has 1 unspecified atom stereocenters. The quantitative estimate of drug-likeness (QED) is 0.0262. The summed E-state index contributed by atoms with van der Waals surface area (Å²) in [5.74, 6) is -0.935. The van der Waals surface area contributed by atoms with Crippen LogP contribution in [0.25, 0.3) is 0 Å². The fourth-order valence-corrected chi connectivity index (χ4v) is 8.04. The van der Waals surface area contributed by atoms with Gasteiger partial charge >= 0.3 is 17.9 Å². The lowest BCUT2D eigenvalue weighted by molar-refractivity contribution is -0.167. The fourth-order valence-electron chi connectivity index (χ4n) is 8.04. The van der Waals surface area contributed by atoms with Crippen LogP contribution >= 0.6 is 0 Å². The largest absolute Gasteiger partial charge is 0.462 e. The van der Waals surface area contributed by atoms with Crippen molar-refractivity contribution >= 4 is 17.9 Å². The monoisotopic (exact) mass is 911 g/mol. The second-order valence-corrected chi connectivity index (χ2v) is 18.8. The summed E-state index contributed by atoms with van der Waals surface area (Å²) in [5.41, 5.74) is 0. The first kappa shape index (κ1) is 62.4. The van der Waals surface area contributed by atoms with Gasteiger partial charge in [0.1, 0.15) is 13.2 Å². The zero-order valence-electron chi connectivity index (χ0n) is 43.3. The normalized spacial score (nSPS) is 12.4. The number of carbonyl (C=O) groups excluding carboxylic acids is 3. The number of rotatable bonds is 51. The molecule has 0 aromatic carbocycles. The average molecular weight is 911 g/mol. The molecule has 0 rings (SSSR count). The molecule has 0 aliphatic heterocycles. The molecule has 6 nitrogen and oxygen atoms in total. The molecule has 0 aliphatic rings. The summed E-state index contributed by atoms with van der Waals surface area (Å²) in [4.78, 5) is 38.1. The molecule has 0 N–H and O–H groups in total. The smallest absolute Gasteiger partial charge is 0.306 e. The van der Waals surface area contributed by atoms with Crippen LogP contribution < -0.4 is 0 Å². The molecule has 0 aliphatic carbocycles. The Morgan fingerprint density at radius 1 is 0.308 bits per heavy atom. The molecule has 0 saturated carbocycles. The molecule has 0 bridgehead atoms. The first-order valence-electron chi connectivity index (χ1n) is 28.1. The van der Waals surface area contributed by atoms with Crippen LogP contribution in [0.15, 0.2) is 48.6 Å². The number of hydrogen-bond donors (Lipinski definition) is 0. The van der Waals surface area contributed by atoms with Gasteiger partial charge in [-0.25, -0.2) is 0 Å². The van der Waals surface area contributed by atoms with E-state index in [-0.39, 0.29) is 31.1 Å². The molecular weight excluding hydrogens is 805 g/mol. The predicted octanol–water partition coefficient (Wildman–Crippen LogP) is 18.7. The van der Waals surface area contributed by atoms with Gasteiger partial charge in [-0.05, 0) is 77.0 Å². The molecule has 0 spiro atoms. The van der Waals surface area contributed by atoms with E-state index in [4.69, 9.17) is 14.2 Å². The van der Waals surface area contributed by atoms with Crippen molar-refractivity contribution in [2.24, 2.45) is 0 Å². The summed E-state index contributed by atoms with van der Waals surface area (Å²) >= 11 is 0. The number of allylic oxidation sites excluding steroid dienone is 8. The maximum Gasteiger partial charge on any atom is 0.306 e. The lowest BCUT2D eigenvalue weighted by atomic mass is 10.0. The Morgan fingerprint density at radius 3 is 0.938 bits per heavy atom. The zero-order valence-corrected chi connectivity index (χ0v) is 43.3. The Balaban J connectivity index is 4.43. The Labute approximate surface area is 403 Å². The van der Waals surface area contributed by atoms with Crippen molar-refractivity contribution in [1.82, 2.24) is 0 Å². The second kappa shape index (κ2) is 54.0. The molecule has 0 radical (unpaired) electrons. The van der Waals surface area contributed by atoms with Crippen molar-refractivity contribution < 1.29 is 28.6 Å². The van der Waals surface area contributed by atoms with Crippen molar-refractivity contribution in [3.05, 3.63) is 48.6 Å². The number of esters is 3. The molecule has 0 aromatic rings. The van der Waals surface area contributed by atoms with Crippen molar-refractivity contribution in [1.29, 1.82) is 0 Å². The molecule has 0 heterocycles. The third kappa shape index (κ3) is 52.2. The number of unbranched alkanes of at least 4 members (excludes halogenated alkanes) is 32. The molecule has 1 atom stereocenters. The van der Waals surface area contributed by atoms with Gasteiger partial charge in [-0.1, -0.05) is 243 Å². The third-order valence-corrected chi connectivity index (χ3v) is 12.3. The van der Waals surface area contributed by atoms with E-state index in [1.54, 1.807) is 0 Å². The van der Waals surface area contributed by atoms with Crippen LogP contribution in [0.2, 0.25) is 0 Å². The van der Waals surface area contributed by atoms with Gasteiger partial charge in [-0.15, -0.1) is 0 Å². The Kier molecular flexibility index (Phi) is 51.8. The van der Waals surface area contributed by atoms with Gasteiger partial charge in [0.25, 0.3) is 0 Å². The maximum atomic E-state index is 12.8. The molecule has 0 saturated heterocycles. The van der Waals surface area contributed by atoms with E-state index < -0.39 is 6.10 Å². The molecule has 65 heavy (non-hydrogen) atoms. The second-order valence-electron chi connectivity index (χ2n) is 18.8. The molecule has 0 amide bonds. The molecule has 0 aromatic heterocycles. The van der Waals surface area contributed by atoms with E-state index in [1.807, 2.05) is 0 Å². The van der Waals surface area contributed by atoms with Gasteiger partial charge in [-0.2, -0.15) is 0 Å². The molecule has 378 valence electrons. The summed E-state index contributed by atoms with van der Waals surface area (Å²) in [7, 11) is 0. The number of ether oxygens (including phenoxy) is 3. The van der Waals surface area contributed by atoms with Crippen molar-refractivity contribution in [2.45, 2.75) is 297 Å². The molecule has 0 fully saturated rings. The fraction of sp³-hybridized carbons (Fsp3) is 0.814. The van der Waals surface area contributed by atoms with Gasteiger partial charge in [0, 0.05) is 19.3 Å². The maximum absolute atomic E-state index is 12.8. The predicted molar refractivity (Wildman–Crippen MR) is 279 cm³/mol. The number of carbonyl (C=O) groups is 3. The van der Waals surface area contributed by atoms with Gasteiger partial charge < -0.3 is 14.2 Å². The van der Waals surface area contributed by atoms with E-state index in [1.165, 1.54) is 186 Å². The van der Waals surface area contributed by atoms with Crippen LogP contribution in [0.5, 0.6) is 0 Å². The van der Waals surface area contributed by atoms with E-state index >= 15 is 0 Å². The standard InChI is InChI=1S/C59H106O6/c1-4-7-10-13-16-19-22-25-27-29-31-34-37-40-43-46-49-52-58(61)64-55-56(54-63-57(60)51-48-45-42-39-36-33-24-21-18-15-12-9-6-3)65-59(62)53-50-47-44-41-38-35-32-30-28-26-23-20-17-14-11-8-5-2/h25-28,31,34,40,43,56H,4-24,29-30,32-33,35-39,41-42,44-55H2,1-3H3/b27-25-,28-26-,34-31-,43-40-. The van der Waals surface area contributed by atoms with Gasteiger partial charge in [0.15, 0.2) is 6.10 Å². The van der Waals surface area contributed by atoms with E-state index in [0.29, 0.717) is 25.7 Å². The highest BCUT2D eigenvalue weighted by atomic mass is 16.6. The van der Waals surface area contributed by atoms with Crippen LogP contribution in [-0.4, -0.2) is 37.2 Å². The van der Waals surface area contributed by atoms with E-state index in [9.17, 15) is 14.4 Å². The third-order valence-electron chi connectivity index (χ3n) is 12.3.